The summed E-state index contributed by atoms with van der Waals surface area (Å²) in [7, 11) is 1.60. The van der Waals surface area contributed by atoms with Crippen molar-refractivity contribution in [3.05, 3.63) is 28.8 Å². The lowest BCUT2D eigenvalue weighted by atomic mass is 9.95. The van der Waals surface area contributed by atoms with Crippen LogP contribution < -0.4 is 15.8 Å². The number of methoxy groups -OCH3 is 1. The summed E-state index contributed by atoms with van der Waals surface area (Å²) < 4.78 is 5.27. The summed E-state index contributed by atoms with van der Waals surface area (Å²) in [5.74, 6) is 1.11. The predicted molar refractivity (Wildman–Crippen MR) is 79.7 cm³/mol. The molecule has 1 fully saturated rings. The van der Waals surface area contributed by atoms with Gasteiger partial charge in [0, 0.05) is 23.0 Å². The Balaban J connectivity index is 2.00. The fourth-order valence-electron chi connectivity index (χ4n) is 2.87. The molecule has 1 aromatic rings. The maximum atomic E-state index is 12.2. The van der Waals surface area contributed by atoms with Gasteiger partial charge in [0.15, 0.2) is 0 Å². The monoisotopic (exact) mass is 296 g/mol. The van der Waals surface area contributed by atoms with Crippen molar-refractivity contribution in [2.45, 2.75) is 25.8 Å². The predicted octanol–water partition coefficient (Wildman–Crippen LogP) is 2.34. The van der Waals surface area contributed by atoms with E-state index in [0.29, 0.717) is 29.8 Å². The minimum Gasteiger partial charge on any atom is -0.496 e. The van der Waals surface area contributed by atoms with Crippen LogP contribution in [0.1, 0.15) is 24.8 Å². The third kappa shape index (κ3) is 3.25. The van der Waals surface area contributed by atoms with Crippen LogP contribution in [0.2, 0.25) is 5.02 Å². The number of carbonyl (C=O) groups is 1. The zero-order chi connectivity index (χ0) is 14.5. The number of amides is 1. The van der Waals surface area contributed by atoms with Crippen molar-refractivity contribution in [2.75, 3.05) is 13.7 Å². The second-order valence-electron chi connectivity index (χ2n) is 5.17. The normalized spacial score (nSPS) is 21.8. The van der Waals surface area contributed by atoms with Crippen LogP contribution in [0.25, 0.3) is 0 Å². The number of nitrogens with two attached hydrogens (primary N) is 1. The van der Waals surface area contributed by atoms with Gasteiger partial charge in [-0.15, -0.1) is 0 Å². The molecular formula is C15H21ClN2O2. The molecule has 110 valence electrons. The van der Waals surface area contributed by atoms with Crippen LogP contribution in [0, 0.1) is 11.8 Å². The first-order chi connectivity index (χ1) is 9.67. The van der Waals surface area contributed by atoms with Crippen molar-refractivity contribution in [3.63, 3.8) is 0 Å². The molecule has 2 atom stereocenters. The average molecular weight is 297 g/mol. The Hall–Kier alpha value is -1.26. The van der Waals surface area contributed by atoms with Crippen molar-refractivity contribution in [1.82, 2.24) is 5.32 Å². The molecule has 20 heavy (non-hydrogen) atoms. The molecule has 0 spiro atoms. The molecule has 2 unspecified atom stereocenters. The largest absolute Gasteiger partial charge is 0.496 e. The van der Waals surface area contributed by atoms with E-state index in [0.717, 1.165) is 24.8 Å². The zero-order valence-electron chi connectivity index (χ0n) is 11.7. The fraction of sp³-hybridized carbons (Fsp3) is 0.533. The lowest BCUT2D eigenvalue weighted by molar-refractivity contribution is -0.126. The maximum absolute atomic E-state index is 12.2. The van der Waals surface area contributed by atoms with Crippen molar-refractivity contribution < 1.29 is 9.53 Å². The van der Waals surface area contributed by atoms with Crippen LogP contribution in [0.4, 0.5) is 0 Å². The number of carbonyl (C=O) groups excluding carboxylic acids is 1. The highest BCUT2D eigenvalue weighted by Crippen LogP contribution is 2.31. The molecule has 0 saturated heterocycles. The van der Waals surface area contributed by atoms with Crippen molar-refractivity contribution in [1.29, 1.82) is 0 Å². The molecule has 1 aliphatic rings. The summed E-state index contributed by atoms with van der Waals surface area (Å²) in [6.45, 7) is 0.961. The summed E-state index contributed by atoms with van der Waals surface area (Å²) in [5, 5.41) is 3.56. The molecule has 1 saturated carbocycles. The van der Waals surface area contributed by atoms with E-state index in [9.17, 15) is 4.79 Å². The number of rotatable bonds is 5. The van der Waals surface area contributed by atoms with Gasteiger partial charge >= 0.3 is 0 Å². The number of nitrogens with one attached hydrogen (secondary N) is 1. The van der Waals surface area contributed by atoms with Crippen LogP contribution in [0.3, 0.4) is 0 Å². The first-order valence-corrected chi connectivity index (χ1v) is 7.34. The Morgan fingerprint density at radius 3 is 3.00 bits per heavy atom. The Morgan fingerprint density at radius 2 is 2.30 bits per heavy atom. The summed E-state index contributed by atoms with van der Waals surface area (Å²) in [4.78, 5) is 12.2. The summed E-state index contributed by atoms with van der Waals surface area (Å²) in [5.41, 5.74) is 6.53. The Bertz CT molecular complexity index is 479. The van der Waals surface area contributed by atoms with Gasteiger partial charge in [-0.3, -0.25) is 4.79 Å². The van der Waals surface area contributed by atoms with Gasteiger partial charge in [0.2, 0.25) is 5.91 Å². The molecule has 1 aliphatic carbocycles. The van der Waals surface area contributed by atoms with Crippen molar-refractivity contribution in [2.24, 2.45) is 17.6 Å². The molecule has 1 amide bonds. The third-order valence-corrected chi connectivity index (χ3v) is 4.39. The fourth-order valence-corrected chi connectivity index (χ4v) is 3.11. The topological polar surface area (TPSA) is 64.3 Å². The molecule has 3 N–H and O–H groups in total. The van der Waals surface area contributed by atoms with Gasteiger partial charge in [-0.25, -0.2) is 0 Å². The Labute approximate surface area is 124 Å². The van der Waals surface area contributed by atoms with E-state index < -0.39 is 0 Å². The molecule has 1 aromatic carbocycles. The summed E-state index contributed by atoms with van der Waals surface area (Å²) in [6.07, 6.45) is 3.05. The van der Waals surface area contributed by atoms with Gasteiger partial charge in [0.05, 0.1) is 7.11 Å². The Kier molecular flexibility index (Phi) is 5.26. The number of hydrogen-bond donors (Lipinski definition) is 2. The van der Waals surface area contributed by atoms with E-state index in [1.165, 1.54) is 0 Å². The van der Waals surface area contributed by atoms with Crippen LogP contribution >= 0.6 is 11.6 Å². The molecule has 0 aromatic heterocycles. The maximum Gasteiger partial charge on any atom is 0.223 e. The minimum absolute atomic E-state index is 0.0356. The summed E-state index contributed by atoms with van der Waals surface area (Å²) >= 11 is 6.16. The quantitative estimate of drug-likeness (QED) is 0.876. The van der Waals surface area contributed by atoms with Crippen LogP contribution in [-0.2, 0) is 11.3 Å². The van der Waals surface area contributed by atoms with E-state index in [4.69, 9.17) is 22.1 Å². The van der Waals surface area contributed by atoms with Crippen LogP contribution in [-0.4, -0.2) is 19.6 Å². The lowest BCUT2D eigenvalue weighted by Gasteiger charge is -2.18. The van der Waals surface area contributed by atoms with Gasteiger partial charge in [-0.1, -0.05) is 24.1 Å². The van der Waals surface area contributed by atoms with E-state index in [1.54, 1.807) is 13.2 Å². The standard InChI is InChI=1S/C15H21ClN2O2/c1-20-14-7-3-6-13(16)12(14)9-18-15(19)11-5-2-4-10(11)8-17/h3,6-7,10-11H,2,4-5,8-9,17H2,1H3,(H,18,19). The van der Waals surface area contributed by atoms with Gasteiger partial charge in [-0.05, 0) is 37.4 Å². The number of halogens is 1. The highest BCUT2D eigenvalue weighted by atomic mass is 35.5. The molecule has 0 aliphatic heterocycles. The first-order valence-electron chi connectivity index (χ1n) is 6.96. The molecule has 2 rings (SSSR count). The molecule has 0 heterocycles. The molecule has 0 bridgehead atoms. The van der Waals surface area contributed by atoms with Gasteiger partial charge < -0.3 is 15.8 Å². The van der Waals surface area contributed by atoms with Gasteiger partial charge in [0.25, 0.3) is 0 Å². The number of benzene rings is 1. The average Bonchev–Trinajstić information content (AvgIpc) is 2.93. The SMILES string of the molecule is COc1cccc(Cl)c1CNC(=O)C1CCCC1CN. The van der Waals surface area contributed by atoms with Crippen molar-refractivity contribution in [3.8, 4) is 5.75 Å². The number of ether oxygens (including phenoxy) is 1. The first kappa shape index (κ1) is 15.1. The second-order valence-corrected chi connectivity index (χ2v) is 5.58. The highest BCUT2D eigenvalue weighted by molar-refractivity contribution is 6.31. The zero-order valence-corrected chi connectivity index (χ0v) is 12.5. The van der Waals surface area contributed by atoms with Crippen LogP contribution in [0.5, 0.6) is 5.75 Å². The minimum atomic E-state index is 0.0356. The number of hydrogen-bond acceptors (Lipinski definition) is 3. The lowest BCUT2D eigenvalue weighted by Crippen LogP contribution is -2.34. The van der Waals surface area contributed by atoms with E-state index in [-0.39, 0.29) is 11.8 Å². The molecule has 0 radical (unpaired) electrons. The van der Waals surface area contributed by atoms with Crippen LogP contribution in [0.15, 0.2) is 18.2 Å². The smallest absolute Gasteiger partial charge is 0.223 e. The van der Waals surface area contributed by atoms with E-state index >= 15 is 0 Å². The van der Waals surface area contributed by atoms with Gasteiger partial charge in [-0.2, -0.15) is 0 Å². The van der Waals surface area contributed by atoms with E-state index in [2.05, 4.69) is 5.32 Å². The third-order valence-electron chi connectivity index (χ3n) is 4.03. The highest BCUT2D eigenvalue weighted by Gasteiger charge is 2.31. The molecular weight excluding hydrogens is 276 g/mol. The van der Waals surface area contributed by atoms with Crippen molar-refractivity contribution >= 4 is 17.5 Å². The Morgan fingerprint density at radius 1 is 1.50 bits per heavy atom. The van der Waals surface area contributed by atoms with Gasteiger partial charge in [0.1, 0.15) is 5.75 Å². The molecule has 5 heteroatoms. The van der Waals surface area contributed by atoms with E-state index in [1.807, 2.05) is 12.1 Å². The second kappa shape index (κ2) is 6.95. The molecule has 4 nitrogen and oxygen atoms in total. The summed E-state index contributed by atoms with van der Waals surface area (Å²) in [6, 6.07) is 5.46.